The molecule has 86 heavy (non-hydrogen) atoms. The van der Waals surface area contributed by atoms with Crippen LogP contribution in [-0.2, 0) is 68.7 Å². The Labute approximate surface area is 498 Å². The quantitative estimate of drug-likeness (QED) is 0.0271. The maximum Gasteiger partial charge on any atom is 0.326 e. The van der Waals surface area contributed by atoms with Crippen LogP contribution in [0.5, 0.6) is 5.75 Å². The molecule has 0 aromatic heterocycles. The van der Waals surface area contributed by atoms with E-state index >= 15 is 0 Å². The van der Waals surface area contributed by atoms with Gasteiger partial charge in [0.1, 0.15) is 54.1 Å². The SMILES string of the molecule is NCCCC[C@H](NC(=O)[C@H](CCC(=O)O)NC(=O)[C@H](Cc1ccc(O)cc1)NC(=O)CNC(=O)[C@H](CC(N)=O)NC(=O)[C@H](CCCCN)NC(=O)[C@H](CCC(N)=O)NC(=O)[C@H](CCCCN)NC(=O)[C@H](CCCCN)NC(=O)[C@@H]1CCCN1)C(=O)O. The van der Waals surface area contributed by atoms with Gasteiger partial charge in [0.2, 0.25) is 65.0 Å². The van der Waals surface area contributed by atoms with Crippen molar-refractivity contribution in [2.45, 2.75) is 183 Å². The van der Waals surface area contributed by atoms with Crippen molar-refractivity contribution in [3.63, 3.8) is 0 Å². The number of primary amides is 2. The number of amides is 11. The third-order valence-corrected chi connectivity index (χ3v) is 13.8. The number of carboxylic acid groups (broad SMARTS) is 2. The Hall–Kier alpha value is -8.07. The molecule has 9 atom stereocenters. The second-order valence-corrected chi connectivity index (χ2v) is 20.9. The van der Waals surface area contributed by atoms with Crippen LogP contribution in [0, 0.1) is 0 Å². The van der Waals surface area contributed by atoms with Crippen LogP contribution in [0.15, 0.2) is 24.3 Å². The van der Waals surface area contributed by atoms with E-state index in [1.54, 1.807) is 0 Å². The first-order valence-corrected chi connectivity index (χ1v) is 29.0. The number of nitrogens with two attached hydrogens (primary N) is 6. The fraction of sp³-hybridized carbons (Fsp3) is 0.648. The lowest BCUT2D eigenvalue weighted by Crippen LogP contribution is -2.60. The van der Waals surface area contributed by atoms with Crippen LogP contribution < -0.4 is 87.6 Å². The molecule has 1 aromatic rings. The number of carboxylic acids is 2. The molecule has 25 N–H and O–H groups in total. The van der Waals surface area contributed by atoms with E-state index in [2.05, 4.69) is 53.2 Å². The van der Waals surface area contributed by atoms with E-state index in [1.807, 2.05) is 0 Å². The van der Waals surface area contributed by atoms with Crippen LogP contribution in [0.3, 0.4) is 0 Å². The largest absolute Gasteiger partial charge is 0.508 e. The summed E-state index contributed by atoms with van der Waals surface area (Å²) in [5.74, 6) is -13.2. The molecule has 1 fully saturated rings. The van der Waals surface area contributed by atoms with Crippen molar-refractivity contribution in [1.29, 1.82) is 0 Å². The molecule has 482 valence electrons. The zero-order chi connectivity index (χ0) is 64.1. The lowest BCUT2D eigenvalue weighted by molar-refractivity contribution is -0.143. The van der Waals surface area contributed by atoms with Crippen LogP contribution in [0.25, 0.3) is 0 Å². The normalized spacial score (nSPS) is 15.5. The Bertz CT molecular complexity index is 2410. The summed E-state index contributed by atoms with van der Waals surface area (Å²) in [6.45, 7) is 0.669. The van der Waals surface area contributed by atoms with Crippen molar-refractivity contribution in [1.82, 2.24) is 53.2 Å². The van der Waals surface area contributed by atoms with Gasteiger partial charge in [0.15, 0.2) is 0 Å². The molecule has 1 aromatic carbocycles. The van der Waals surface area contributed by atoms with E-state index in [-0.39, 0.29) is 63.9 Å². The zero-order valence-electron chi connectivity index (χ0n) is 48.5. The van der Waals surface area contributed by atoms with E-state index in [0.29, 0.717) is 70.0 Å². The average Bonchev–Trinajstić information content (AvgIpc) is 3.42. The van der Waals surface area contributed by atoms with E-state index in [0.717, 1.165) is 6.42 Å². The summed E-state index contributed by atoms with van der Waals surface area (Å²) < 4.78 is 0. The van der Waals surface area contributed by atoms with Crippen molar-refractivity contribution < 1.29 is 77.6 Å². The number of carbonyl (C=O) groups is 13. The second kappa shape index (κ2) is 41.1. The van der Waals surface area contributed by atoms with E-state index < -0.39 is 170 Å². The molecular weight excluding hydrogens is 1130 g/mol. The summed E-state index contributed by atoms with van der Waals surface area (Å²) in [5, 5.41) is 54.3. The van der Waals surface area contributed by atoms with E-state index in [4.69, 9.17) is 34.4 Å². The minimum Gasteiger partial charge on any atom is -0.508 e. The topological polar surface area (TPSA) is 559 Å². The third kappa shape index (κ3) is 29.6. The maximum absolute atomic E-state index is 14.2. The lowest BCUT2D eigenvalue weighted by atomic mass is 10.0. The summed E-state index contributed by atoms with van der Waals surface area (Å²) in [5.41, 5.74) is 33.9. The number of aromatic hydroxyl groups is 1. The Morgan fingerprint density at radius 1 is 0.477 bits per heavy atom. The summed E-state index contributed by atoms with van der Waals surface area (Å²) in [6, 6.07) is -7.04. The number of nitrogens with one attached hydrogen (secondary N) is 10. The van der Waals surface area contributed by atoms with Crippen LogP contribution in [0.2, 0.25) is 0 Å². The minimum absolute atomic E-state index is 0.0305. The molecule has 0 unspecified atom stereocenters. The van der Waals surface area contributed by atoms with Crippen LogP contribution in [-0.4, -0.2) is 186 Å². The highest BCUT2D eigenvalue weighted by Gasteiger charge is 2.35. The first kappa shape index (κ1) is 74.0. The smallest absolute Gasteiger partial charge is 0.326 e. The Kier molecular flexibility index (Phi) is 35.3. The molecule has 0 radical (unpaired) electrons. The Balaban J connectivity index is 2.39. The number of rotatable bonds is 45. The van der Waals surface area contributed by atoms with Gasteiger partial charge in [0.05, 0.1) is 19.0 Å². The molecule has 0 saturated carbocycles. The summed E-state index contributed by atoms with van der Waals surface area (Å²) in [4.78, 5) is 172. The molecule has 1 aliphatic rings. The molecule has 1 saturated heterocycles. The lowest BCUT2D eigenvalue weighted by Gasteiger charge is -2.27. The van der Waals surface area contributed by atoms with Gasteiger partial charge in [-0.3, -0.25) is 57.5 Å². The van der Waals surface area contributed by atoms with Crippen molar-refractivity contribution in [2.24, 2.45) is 34.4 Å². The van der Waals surface area contributed by atoms with E-state index in [9.17, 15) is 77.6 Å². The predicted octanol–water partition coefficient (Wildman–Crippen LogP) is -5.71. The average molecular weight is 1220 g/mol. The van der Waals surface area contributed by atoms with Crippen molar-refractivity contribution >= 4 is 76.9 Å². The molecule has 2 rings (SSSR count). The highest BCUT2D eigenvalue weighted by atomic mass is 16.4. The molecule has 0 bridgehead atoms. The number of hydrogen-bond donors (Lipinski definition) is 19. The van der Waals surface area contributed by atoms with Crippen LogP contribution >= 0.6 is 0 Å². The first-order valence-electron chi connectivity index (χ1n) is 29.0. The van der Waals surface area contributed by atoms with Crippen LogP contribution in [0.1, 0.15) is 128 Å². The fourth-order valence-electron chi connectivity index (χ4n) is 8.96. The summed E-state index contributed by atoms with van der Waals surface area (Å²) in [6.07, 6.45) is 1.29. The number of hydrogen-bond acceptors (Lipinski definition) is 19. The monoisotopic (exact) mass is 1220 g/mol. The fourth-order valence-corrected chi connectivity index (χ4v) is 8.96. The van der Waals surface area contributed by atoms with Gasteiger partial charge in [-0.15, -0.1) is 0 Å². The predicted molar refractivity (Wildman–Crippen MR) is 310 cm³/mol. The van der Waals surface area contributed by atoms with Gasteiger partial charge < -0.3 is 103 Å². The van der Waals surface area contributed by atoms with Crippen molar-refractivity contribution in [3.05, 3.63) is 29.8 Å². The summed E-state index contributed by atoms with van der Waals surface area (Å²) >= 11 is 0. The number of unbranched alkanes of at least 4 members (excludes halogenated alkanes) is 4. The van der Waals surface area contributed by atoms with Gasteiger partial charge >= 0.3 is 11.9 Å². The number of benzene rings is 1. The van der Waals surface area contributed by atoms with Gasteiger partial charge in [0, 0.05) is 19.3 Å². The van der Waals surface area contributed by atoms with Gasteiger partial charge in [-0.05, 0) is 153 Å². The molecular formula is C54H90N16O16. The molecule has 1 aliphatic heterocycles. The van der Waals surface area contributed by atoms with Gasteiger partial charge in [-0.2, -0.15) is 0 Å². The zero-order valence-corrected chi connectivity index (χ0v) is 48.5. The maximum atomic E-state index is 14.2. The highest BCUT2D eigenvalue weighted by Crippen LogP contribution is 2.14. The van der Waals surface area contributed by atoms with Gasteiger partial charge in [-0.1, -0.05) is 12.1 Å². The van der Waals surface area contributed by atoms with Gasteiger partial charge in [0.25, 0.3) is 0 Å². The molecule has 32 heteroatoms. The Morgan fingerprint density at radius 3 is 1.29 bits per heavy atom. The Morgan fingerprint density at radius 2 is 0.884 bits per heavy atom. The van der Waals surface area contributed by atoms with Crippen molar-refractivity contribution in [2.75, 3.05) is 39.3 Å². The third-order valence-electron chi connectivity index (χ3n) is 13.8. The first-order chi connectivity index (χ1) is 40.9. The molecule has 11 amide bonds. The highest BCUT2D eigenvalue weighted by molar-refractivity contribution is 5.99. The molecule has 1 heterocycles. The number of aliphatic carboxylic acids is 2. The standard InChI is InChI=1S/C54H90N16O16/c55-23-5-1-10-34(64-47(78)33-14-9-27-61-33)48(79)65-35(11-2-6-24-56)49(80)67-37(19-21-42(59)72)51(82)66-36(12-3-7-25-57)50(81)70-41(29-43(60)73)46(77)62-30-44(74)63-40(28-31-15-17-32(71)18-16-31)53(84)68-38(20-22-45(75)76)52(83)69-39(54(85)86)13-4-8-26-58/h15-18,33-41,61,71H,1-14,19-30,55-58H2,(H2,59,72)(H2,60,73)(H,62,77)(H,63,74)(H,64,78)(H,65,79)(H,66,82)(H,67,80)(H,68,84)(H,69,83)(H,70,81)(H,75,76)(H,85,86)/t33-,34-,35-,36-,37-,38-,39-,40-,41-/m0/s1. The molecule has 0 aliphatic carbocycles. The van der Waals surface area contributed by atoms with Gasteiger partial charge in [-0.25, -0.2) is 4.79 Å². The number of phenolic OH excluding ortho intramolecular Hbond substituents is 1. The van der Waals surface area contributed by atoms with E-state index in [1.165, 1.54) is 24.3 Å². The van der Waals surface area contributed by atoms with Crippen molar-refractivity contribution in [3.8, 4) is 5.75 Å². The number of phenols is 1. The molecule has 32 nitrogen and oxygen atoms in total. The minimum atomic E-state index is -1.81. The second-order valence-electron chi connectivity index (χ2n) is 20.9. The number of carbonyl (C=O) groups excluding carboxylic acids is 11. The molecule has 0 spiro atoms. The summed E-state index contributed by atoms with van der Waals surface area (Å²) in [7, 11) is 0. The van der Waals surface area contributed by atoms with Crippen LogP contribution in [0.4, 0.5) is 0 Å².